The summed E-state index contributed by atoms with van der Waals surface area (Å²) in [4.78, 5) is 11.2. The number of ether oxygens (including phenoxy) is 1. The largest absolute Gasteiger partial charge is 0.465 e. The summed E-state index contributed by atoms with van der Waals surface area (Å²) in [5.74, 6) is 1.50. The molecule has 0 atom stereocenters. The van der Waals surface area contributed by atoms with Crippen molar-refractivity contribution in [1.82, 2.24) is 5.32 Å². The Balaban J connectivity index is 2.16. The minimum Gasteiger partial charge on any atom is -0.465 e. The van der Waals surface area contributed by atoms with E-state index in [-0.39, 0.29) is 12.5 Å². The highest BCUT2D eigenvalue weighted by Crippen LogP contribution is 2.05. The van der Waals surface area contributed by atoms with E-state index in [1.807, 2.05) is 26.0 Å². The van der Waals surface area contributed by atoms with Crippen molar-refractivity contribution in [1.29, 1.82) is 0 Å². The maximum absolute atomic E-state index is 11.2. The van der Waals surface area contributed by atoms with Crippen molar-refractivity contribution in [2.45, 2.75) is 26.8 Å². The minimum absolute atomic E-state index is 0.113. The third-order valence-electron chi connectivity index (χ3n) is 1.84. The van der Waals surface area contributed by atoms with Gasteiger partial charge in [0.05, 0.1) is 6.54 Å². The van der Waals surface area contributed by atoms with Crippen LogP contribution in [0.4, 0.5) is 0 Å². The molecule has 1 aromatic heterocycles. The Hall–Kier alpha value is -1.29. The number of nitrogens with one attached hydrogen (secondary N) is 1. The first kappa shape index (κ1) is 11.8. The fourth-order valence-electron chi connectivity index (χ4n) is 1.13. The van der Waals surface area contributed by atoms with E-state index in [1.165, 1.54) is 0 Å². The molecule has 4 heteroatoms. The Morgan fingerprint density at radius 3 is 2.93 bits per heavy atom. The number of carbonyl (C=O) groups excluding carboxylic acids is 1. The number of carbonyl (C=O) groups is 1. The number of aryl methyl sites for hydroxylation is 1. The second-order valence-electron chi connectivity index (χ2n) is 3.34. The molecule has 0 radical (unpaired) electrons. The summed E-state index contributed by atoms with van der Waals surface area (Å²) < 4.78 is 10.4. The summed E-state index contributed by atoms with van der Waals surface area (Å²) in [5, 5.41) is 2.71. The van der Waals surface area contributed by atoms with Gasteiger partial charge in [-0.25, -0.2) is 0 Å². The van der Waals surface area contributed by atoms with Gasteiger partial charge in [-0.3, -0.25) is 4.79 Å². The molecular weight excluding hydrogens is 194 g/mol. The number of hydrogen-bond acceptors (Lipinski definition) is 3. The highest BCUT2D eigenvalue weighted by atomic mass is 16.5. The minimum atomic E-state index is -0.113. The topological polar surface area (TPSA) is 51.5 Å². The Labute approximate surface area is 89.6 Å². The SMILES string of the molecule is CCCOCC(=O)NCc1ccc(C)o1. The maximum atomic E-state index is 11.2. The quantitative estimate of drug-likeness (QED) is 0.727. The van der Waals surface area contributed by atoms with Crippen molar-refractivity contribution in [2.75, 3.05) is 13.2 Å². The van der Waals surface area contributed by atoms with Gasteiger partial charge in [0.15, 0.2) is 0 Å². The van der Waals surface area contributed by atoms with E-state index in [9.17, 15) is 4.79 Å². The van der Waals surface area contributed by atoms with Crippen LogP contribution >= 0.6 is 0 Å². The Bertz CT molecular complexity index is 307. The van der Waals surface area contributed by atoms with E-state index in [1.54, 1.807) is 0 Å². The lowest BCUT2D eigenvalue weighted by Crippen LogP contribution is -2.27. The molecule has 0 fully saturated rings. The van der Waals surface area contributed by atoms with E-state index < -0.39 is 0 Å². The van der Waals surface area contributed by atoms with Gasteiger partial charge in [-0.2, -0.15) is 0 Å². The summed E-state index contributed by atoms with van der Waals surface area (Å²) >= 11 is 0. The summed E-state index contributed by atoms with van der Waals surface area (Å²) in [5.41, 5.74) is 0. The smallest absolute Gasteiger partial charge is 0.246 e. The van der Waals surface area contributed by atoms with Gasteiger partial charge < -0.3 is 14.5 Å². The lowest BCUT2D eigenvalue weighted by atomic mass is 10.4. The molecule has 0 saturated carbocycles. The molecule has 4 nitrogen and oxygen atoms in total. The van der Waals surface area contributed by atoms with E-state index in [4.69, 9.17) is 9.15 Å². The Morgan fingerprint density at radius 2 is 2.33 bits per heavy atom. The predicted molar refractivity (Wildman–Crippen MR) is 56.4 cm³/mol. The number of hydrogen-bond donors (Lipinski definition) is 1. The fraction of sp³-hybridized carbons (Fsp3) is 0.545. The van der Waals surface area contributed by atoms with Gasteiger partial charge in [0.25, 0.3) is 0 Å². The molecule has 0 aliphatic carbocycles. The molecule has 1 heterocycles. The van der Waals surface area contributed by atoms with Gasteiger partial charge in [0, 0.05) is 6.61 Å². The van der Waals surface area contributed by atoms with Crippen LogP contribution in [0.2, 0.25) is 0 Å². The summed E-state index contributed by atoms with van der Waals surface area (Å²) in [7, 11) is 0. The lowest BCUT2D eigenvalue weighted by molar-refractivity contribution is -0.125. The van der Waals surface area contributed by atoms with Gasteiger partial charge in [-0.1, -0.05) is 6.92 Å². The Kier molecular flexibility index (Phi) is 4.90. The average Bonchev–Trinajstić information content (AvgIpc) is 2.62. The van der Waals surface area contributed by atoms with Crippen molar-refractivity contribution >= 4 is 5.91 Å². The lowest BCUT2D eigenvalue weighted by Gasteiger charge is -2.03. The van der Waals surface area contributed by atoms with Gasteiger partial charge in [0.1, 0.15) is 18.1 Å². The molecule has 1 amide bonds. The van der Waals surface area contributed by atoms with Gasteiger partial charge in [-0.05, 0) is 25.5 Å². The third-order valence-corrected chi connectivity index (χ3v) is 1.84. The average molecular weight is 211 g/mol. The van der Waals surface area contributed by atoms with Crippen molar-refractivity contribution in [2.24, 2.45) is 0 Å². The molecule has 1 N–H and O–H groups in total. The van der Waals surface area contributed by atoms with Gasteiger partial charge in [0.2, 0.25) is 5.91 Å². The molecule has 15 heavy (non-hydrogen) atoms. The molecule has 0 bridgehead atoms. The Morgan fingerprint density at radius 1 is 1.53 bits per heavy atom. The monoisotopic (exact) mass is 211 g/mol. The molecule has 1 aromatic rings. The zero-order valence-electron chi connectivity index (χ0n) is 9.21. The first-order valence-corrected chi connectivity index (χ1v) is 5.12. The highest BCUT2D eigenvalue weighted by Gasteiger charge is 2.03. The second-order valence-corrected chi connectivity index (χ2v) is 3.34. The zero-order valence-corrected chi connectivity index (χ0v) is 9.21. The summed E-state index contributed by atoms with van der Waals surface area (Å²) in [6.45, 7) is 5.03. The zero-order chi connectivity index (χ0) is 11.1. The normalized spacial score (nSPS) is 10.3. The number of furan rings is 1. The standard InChI is InChI=1S/C11H17NO3/c1-3-6-14-8-11(13)12-7-10-5-4-9(2)15-10/h4-5H,3,6-8H2,1-2H3,(H,12,13). The van der Waals surface area contributed by atoms with Gasteiger partial charge in [-0.15, -0.1) is 0 Å². The molecule has 0 aliphatic rings. The molecule has 84 valence electrons. The molecular formula is C11H17NO3. The van der Waals surface area contributed by atoms with Crippen LogP contribution < -0.4 is 5.32 Å². The fourth-order valence-corrected chi connectivity index (χ4v) is 1.13. The van der Waals surface area contributed by atoms with Crippen LogP contribution in [0.3, 0.4) is 0 Å². The van der Waals surface area contributed by atoms with Crippen LogP contribution in [0.1, 0.15) is 24.9 Å². The highest BCUT2D eigenvalue weighted by molar-refractivity contribution is 5.77. The molecule has 0 unspecified atom stereocenters. The molecule has 0 spiro atoms. The van der Waals surface area contributed by atoms with Crippen molar-refractivity contribution < 1.29 is 13.9 Å². The maximum Gasteiger partial charge on any atom is 0.246 e. The third kappa shape index (κ3) is 4.65. The van der Waals surface area contributed by atoms with Crippen molar-refractivity contribution in [3.63, 3.8) is 0 Å². The van der Waals surface area contributed by atoms with E-state index >= 15 is 0 Å². The molecule has 0 saturated heterocycles. The van der Waals surface area contributed by atoms with Crippen LogP contribution in [-0.2, 0) is 16.1 Å². The van der Waals surface area contributed by atoms with Crippen LogP contribution in [0, 0.1) is 6.92 Å². The van der Waals surface area contributed by atoms with E-state index in [0.29, 0.717) is 13.2 Å². The summed E-state index contributed by atoms with van der Waals surface area (Å²) in [6, 6.07) is 3.72. The second kappa shape index (κ2) is 6.24. The molecule has 0 aromatic carbocycles. The van der Waals surface area contributed by atoms with Crippen molar-refractivity contribution in [3.05, 3.63) is 23.7 Å². The number of amides is 1. The van der Waals surface area contributed by atoms with E-state index in [2.05, 4.69) is 5.32 Å². The summed E-state index contributed by atoms with van der Waals surface area (Å²) in [6.07, 6.45) is 0.921. The van der Waals surface area contributed by atoms with Gasteiger partial charge >= 0.3 is 0 Å². The van der Waals surface area contributed by atoms with Crippen LogP contribution in [0.5, 0.6) is 0 Å². The van der Waals surface area contributed by atoms with Crippen LogP contribution in [-0.4, -0.2) is 19.1 Å². The predicted octanol–water partition coefficient (Wildman–Crippen LogP) is 1.63. The molecule has 1 rings (SSSR count). The van der Waals surface area contributed by atoms with Crippen LogP contribution in [0.15, 0.2) is 16.5 Å². The first-order chi connectivity index (χ1) is 7.22. The van der Waals surface area contributed by atoms with Crippen molar-refractivity contribution in [3.8, 4) is 0 Å². The number of rotatable bonds is 6. The van der Waals surface area contributed by atoms with Crippen LogP contribution in [0.25, 0.3) is 0 Å². The van der Waals surface area contributed by atoms with E-state index in [0.717, 1.165) is 17.9 Å². The molecule has 0 aliphatic heterocycles. The first-order valence-electron chi connectivity index (χ1n) is 5.12.